The summed E-state index contributed by atoms with van der Waals surface area (Å²) in [5, 5.41) is 15.6. The van der Waals surface area contributed by atoms with E-state index in [4.69, 9.17) is 4.42 Å². The van der Waals surface area contributed by atoms with Crippen molar-refractivity contribution < 1.29 is 9.21 Å². The molecule has 3 aromatic rings. The molecule has 1 atom stereocenters. The van der Waals surface area contributed by atoms with Gasteiger partial charge in [-0.05, 0) is 38.8 Å². The van der Waals surface area contributed by atoms with Crippen molar-refractivity contribution >= 4 is 5.91 Å². The van der Waals surface area contributed by atoms with Crippen LogP contribution in [-0.2, 0) is 30.6 Å². The fraction of sp³-hybridized carbons (Fsp3) is 0.429. The molecule has 0 radical (unpaired) electrons. The summed E-state index contributed by atoms with van der Waals surface area (Å²) < 4.78 is 7.57. The molecule has 0 saturated carbocycles. The van der Waals surface area contributed by atoms with Crippen LogP contribution in [0, 0.1) is 13.8 Å². The highest BCUT2D eigenvalue weighted by atomic mass is 16.4. The standard InChI is InChI=1S/C21H27N5O2/c1-15-13-17(3)26(25-15)14-16(2)22-19(27)10-12-21-24-23-20(28-21)11-9-18-7-5-4-6-8-18/h4-8,13,16H,9-12,14H2,1-3H3,(H,22,27)/t16-/m0/s1. The predicted octanol–water partition coefficient (Wildman–Crippen LogP) is 2.81. The Morgan fingerprint density at radius 1 is 1.11 bits per heavy atom. The monoisotopic (exact) mass is 381 g/mol. The number of carbonyl (C=O) groups is 1. The lowest BCUT2D eigenvalue weighted by molar-refractivity contribution is -0.121. The number of benzene rings is 1. The van der Waals surface area contributed by atoms with E-state index in [0.29, 0.717) is 37.6 Å². The minimum Gasteiger partial charge on any atom is -0.425 e. The molecule has 1 aromatic carbocycles. The summed E-state index contributed by atoms with van der Waals surface area (Å²) in [7, 11) is 0. The molecule has 2 aromatic heterocycles. The quantitative estimate of drug-likeness (QED) is 0.616. The molecule has 3 rings (SSSR count). The minimum atomic E-state index is -0.0296. The van der Waals surface area contributed by atoms with Crippen LogP contribution in [0.4, 0.5) is 0 Å². The molecule has 0 aliphatic heterocycles. The number of hydrogen-bond acceptors (Lipinski definition) is 5. The van der Waals surface area contributed by atoms with Gasteiger partial charge in [-0.2, -0.15) is 5.10 Å². The molecule has 148 valence electrons. The van der Waals surface area contributed by atoms with Crippen LogP contribution in [-0.4, -0.2) is 31.9 Å². The van der Waals surface area contributed by atoms with E-state index in [1.165, 1.54) is 5.56 Å². The van der Waals surface area contributed by atoms with Crippen LogP contribution < -0.4 is 5.32 Å². The number of nitrogens with zero attached hydrogens (tertiary/aromatic N) is 4. The normalized spacial score (nSPS) is 12.1. The minimum absolute atomic E-state index is 0.00498. The average molecular weight is 381 g/mol. The van der Waals surface area contributed by atoms with Gasteiger partial charge in [-0.1, -0.05) is 30.3 Å². The van der Waals surface area contributed by atoms with Crippen molar-refractivity contribution in [3.05, 3.63) is 65.1 Å². The summed E-state index contributed by atoms with van der Waals surface area (Å²) in [5.41, 5.74) is 3.31. The number of amides is 1. The third-order valence-electron chi connectivity index (χ3n) is 4.50. The highest BCUT2D eigenvalue weighted by molar-refractivity contribution is 5.76. The highest BCUT2D eigenvalue weighted by Gasteiger charge is 2.13. The van der Waals surface area contributed by atoms with Gasteiger partial charge in [0.15, 0.2) is 0 Å². The van der Waals surface area contributed by atoms with E-state index in [1.54, 1.807) is 0 Å². The van der Waals surface area contributed by atoms with Crippen molar-refractivity contribution in [2.24, 2.45) is 0 Å². The first-order valence-electron chi connectivity index (χ1n) is 9.65. The Morgan fingerprint density at radius 3 is 2.50 bits per heavy atom. The third-order valence-corrected chi connectivity index (χ3v) is 4.50. The molecule has 0 fully saturated rings. The van der Waals surface area contributed by atoms with E-state index in [2.05, 4.69) is 32.7 Å². The first kappa shape index (κ1) is 19.8. The van der Waals surface area contributed by atoms with Gasteiger partial charge in [-0.15, -0.1) is 10.2 Å². The Balaban J connectivity index is 1.40. The maximum Gasteiger partial charge on any atom is 0.220 e. The smallest absolute Gasteiger partial charge is 0.220 e. The second kappa shape index (κ2) is 9.30. The molecular formula is C21H27N5O2. The lowest BCUT2D eigenvalue weighted by Gasteiger charge is -2.14. The van der Waals surface area contributed by atoms with Crippen molar-refractivity contribution in [2.75, 3.05) is 0 Å². The van der Waals surface area contributed by atoms with Gasteiger partial charge < -0.3 is 9.73 Å². The zero-order chi connectivity index (χ0) is 19.9. The topological polar surface area (TPSA) is 85.8 Å². The molecule has 0 unspecified atom stereocenters. The van der Waals surface area contributed by atoms with Gasteiger partial charge >= 0.3 is 0 Å². The summed E-state index contributed by atoms with van der Waals surface area (Å²) in [6.45, 7) is 6.60. The molecule has 7 nitrogen and oxygen atoms in total. The highest BCUT2D eigenvalue weighted by Crippen LogP contribution is 2.08. The van der Waals surface area contributed by atoms with Gasteiger partial charge in [0, 0.05) is 31.0 Å². The summed E-state index contributed by atoms with van der Waals surface area (Å²) >= 11 is 0. The Morgan fingerprint density at radius 2 is 1.82 bits per heavy atom. The third kappa shape index (κ3) is 5.77. The van der Waals surface area contributed by atoms with Crippen LogP contribution in [0.1, 0.15) is 42.1 Å². The van der Waals surface area contributed by atoms with Crippen LogP contribution in [0.5, 0.6) is 0 Å². The largest absolute Gasteiger partial charge is 0.425 e. The fourth-order valence-corrected chi connectivity index (χ4v) is 3.12. The Kier molecular flexibility index (Phi) is 6.57. The van der Waals surface area contributed by atoms with E-state index in [-0.39, 0.29) is 11.9 Å². The van der Waals surface area contributed by atoms with Gasteiger partial charge in [0.05, 0.1) is 12.2 Å². The van der Waals surface area contributed by atoms with Crippen molar-refractivity contribution in [1.82, 2.24) is 25.3 Å². The van der Waals surface area contributed by atoms with E-state index in [0.717, 1.165) is 17.8 Å². The first-order valence-corrected chi connectivity index (χ1v) is 9.65. The molecule has 0 saturated heterocycles. The maximum atomic E-state index is 12.2. The molecule has 1 amide bonds. The number of hydrogen-bond donors (Lipinski definition) is 1. The fourth-order valence-electron chi connectivity index (χ4n) is 3.12. The number of aryl methyl sites for hydroxylation is 5. The Bertz CT molecular complexity index is 901. The zero-order valence-electron chi connectivity index (χ0n) is 16.7. The van der Waals surface area contributed by atoms with Crippen LogP contribution in [0.2, 0.25) is 0 Å². The molecular weight excluding hydrogens is 354 g/mol. The second-order valence-electron chi connectivity index (χ2n) is 7.15. The van der Waals surface area contributed by atoms with Gasteiger partial charge in [-0.25, -0.2) is 0 Å². The van der Waals surface area contributed by atoms with E-state index < -0.39 is 0 Å². The predicted molar refractivity (Wildman–Crippen MR) is 106 cm³/mol. The van der Waals surface area contributed by atoms with Crippen LogP contribution in [0.3, 0.4) is 0 Å². The molecule has 0 bridgehead atoms. The molecule has 1 N–H and O–H groups in total. The van der Waals surface area contributed by atoms with Crippen molar-refractivity contribution in [3.63, 3.8) is 0 Å². The molecule has 28 heavy (non-hydrogen) atoms. The first-order chi connectivity index (χ1) is 13.5. The molecule has 2 heterocycles. The maximum absolute atomic E-state index is 12.2. The molecule has 0 aliphatic carbocycles. The second-order valence-corrected chi connectivity index (χ2v) is 7.15. The number of carbonyl (C=O) groups excluding carboxylic acids is 1. The van der Waals surface area contributed by atoms with E-state index >= 15 is 0 Å². The molecule has 0 spiro atoms. The van der Waals surface area contributed by atoms with Crippen molar-refractivity contribution in [2.45, 2.75) is 59.0 Å². The van der Waals surface area contributed by atoms with Crippen molar-refractivity contribution in [3.8, 4) is 0 Å². The van der Waals surface area contributed by atoms with Crippen LogP contribution in [0.15, 0.2) is 40.8 Å². The average Bonchev–Trinajstić information content (AvgIpc) is 3.25. The van der Waals surface area contributed by atoms with E-state index in [1.807, 2.05) is 49.7 Å². The molecule has 0 aliphatic rings. The summed E-state index contributed by atoms with van der Waals surface area (Å²) in [6.07, 6.45) is 2.31. The number of rotatable bonds is 9. The zero-order valence-corrected chi connectivity index (χ0v) is 16.7. The van der Waals surface area contributed by atoms with Gasteiger partial charge in [0.25, 0.3) is 0 Å². The summed E-state index contributed by atoms with van der Waals surface area (Å²) in [4.78, 5) is 12.2. The van der Waals surface area contributed by atoms with Crippen LogP contribution in [0.25, 0.3) is 0 Å². The Labute approximate surface area is 165 Å². The van der Waals surface area contributed by atoms with Gasteiger partial charge in [-0.3, -0.25) is 9.48 Å². The SMILES string of the molecule is Cc1cc(C)n(C[C@H](C)NC(=O)CCc2nnc(CCc3ccccc3)o2)n1. The summed E-state index contributed by atoms with van der Waals surface area (Å²) in [6, 6.07) is 12.2. The molecule has 7 heteroatoms. The van der Waals surface area contributed by atoms with Gasteiger partial charge in [0.2, 0.25) is 17.7 Å². The lowest BCUT2D eigenvalue weighted by atomic mass is 10.1. The van der Waals surface area contributed by atoms with Crippen molar-refractivity contribution in [1.29, 1.82) is 0 Å². The number of aromatic nitrogens is 4. The summed E-state index contributed by atoms with van der Waals surface area (Å²) in [5.74, 6) is 1.08. The lowest BCUT2D eigenvalue weighted by Crippen LogP contribution is -2.36. The van der Waals surface area contributed by atoms with Crippen LogP contribution >= 0.6 is 0 Å². The van der Waals surface area contributed by atoms with Gasteiger partial charge in [0.1, 0.15) is 0 Å². The number of nitrogens with one attached hydrogen (secondary N) is 1. The Hall–Kier alpha value is -2.96. The van der Waals surface area contributed by atoms with E-state index in [9.17, 15) is 4.79 Å².